The van der Waals surface area contributed by atoms with Gasteiger partial charge in [-0.05, 0) is 36.0 Å². The molecule has 0 aliphatic carbocycles. The maximum Gasteiger partial charge on any atom is 0.0178 e. The lowest BCUT2D eigenvalue weighted by Crippen LogP contribution is -2.30. The Labute approximate surface area is 143 Å². The van der Waals surface area contributed by atoms with Gasteiger partial charge in [-0.2, -0.15) is 0 Å². The normalized spacial score (nSPS) is 12.7. The maximum absolute atomic E-state index is 3.73. The van der Waals surface area contributed by atoms with Crippen molar-refractivity contribution >= 4 is 47.8 Å². The van der Waals surface area contributed by atoms with Gasteiger partial charge in [0.2, 0.25) is 0 Å². The van der Waals surface area contributed by atoms with Gasteiger partial charge in [-0.3, -0.25) is 0 Å². The van der Waals surface area contributed by atoms with Gasteiger partial charge >= 0.3 is 0 Å². The first kappa shape index (κ1) is 17.7. The number of alkyl halides is 2. The average Bonchev–Trinajstić information content (AvgIpc) is 2.34. The van der Waals surface area contributed by atoms with Crippen LogP contribution in [0.5, 0.6) is 0 Å². The molecule has 1 aromatic carbocycles. The molecule has 0 aliphatic heterocycles. The van der Waals surface area contributed by atoms with Gasteiger partial charge in [-0.15, -0.1) is 0 Å². The minimum Gasteiger partial charge on any atom is -0.0918 e. The minimum absolute atomic E-state index is 0.190. The van der Waals surface area contributed by atoms with E-state index < -0.39 is 0 Å². The van der Waals surface area contributed by atoms with Crippen LogP contribution in [-0.2, 0) is 5.41 Å². The Morgan fingerprint density at radius 3 is 2.11 bits per heavy atom. The molecular weight excluding hydrogens is 432 g/mol. The zero-order chi connectivity index (χ0) is 14.5. The predicted octanol–water partition coefficient (Wildman–Crippen LogP) is 6.69. The summed E-state index contributed by atoms with van der Waals surface area (Å²) in [5.41, 5.74) is 2.01. The number of rotatable bonds is 6. The third-order valence-corrected chi connectivity index (χ3v) is 6.17. The van der Waals surface area contributed by atoms with E-state index in [9.17, 15) is 0 Å². The molecule has 0 nitrogen and oxygen atoms in total. The number of benzene rings is 1. The zero-order valence-electron chi connectivity index (χ0n) is 12.0. The molecule has 0 amide bonds. The van der Waals surface area contributed by atoms with Crippen molar-refractivity contribution in [3.8, 4) is 0 Å². The average molecular weight is 455 g/mol. The van der Waals surface area contributed by atoms with Gasteiger partial charge < -0.3 is 0 Å². The van der Waals surface area contributed by atoms with Gasteiger partial charge in [-0.1, -0.05) is 87.1 Å². The molecule has 0 spiro atoms. The summed E-state index contributed by atoms with van der Waals surface area (Å²) in [4.78, 5) is 0. The second-order valence-corrected chi connectivity index (χ2v) is 8.51. The van der Waals surface area contributed by atoms with E-state index in [1.165, 1.54) is 24.8 Å². The summed E-state index contributed by atoms with van der Waals surface area (Å²) in [6, 6.07) is 8.71. The molecule has 0 aromatic heterocycles. The van der Waals surface area contributed by atoms with Gasteiger partial charge in [-0.25, -0.2) is 0 Å². The molecule has 1 aromatic rings. The Morgan fingerprint density at radius 2 is 1.63 bits per heavy atom. The summed E-state index contributed by atoms with van der Waals surface area (Å²) in [7, 11) is 0. The molecule has 0 unspecified atom stereocenters. The molecule has 0 N–H and O–H groups in total. The molecule has 0 fully saturated rings. The van der Waals surface area contributed by atoms with Crippen molar-refractivity contribution in [3.63, 3.8) is 0 Å². The van der Waals surface area contributed by atoms with Crippen molar-refractivity contribution < 1.29 is 0 Å². The Bertz CT molecular complexity index is 389. The van der Waals surface area contributed by atoms with Crippen LogP contribution in [0.25, 0.3) is 0 Å². The summed E-state index contributed by atoms with van der Waals surface area (Å²) < 4.78 is 1.16. The molecule has 0 saturated carbocycles. The van der Waals surface area contributed by atoms with E-state index in [4.69, 9.17) is 0 Å². The highest BCUT2D eigenvalue weighted by Gasteiger charge is 2.30. The van der Waals surface area contributed by atoms with Crippen LogP contribution in [0, 0.1) is 5.41 Å². The second-order valence-electron chi connectivity index (χ2n) is 6.47. The Kier molecular flexibility index (Phi) is 7.09. The smallest absolute Gasteiger partial charge is 0.0178 e. The second kappa shape index (κ2) is 7.61. The molecule has 0 bridgehead atoms. The number of hydrogen-bond acceptors (Lipinski definition) is 0. The molecule has 0 aliphatic rings. The largest absolute Gasteiger partial charge is 0.0918 e. The number of hydrogen-bond donors (Lipinski definition) is 0. The van der Waals surface area contributed by atoms with Gasteiger partial charge in [0, 0.05) is 20.5 Å². The summed E-state index contributed by atoms with van der Waals surface area (Å²) >= 11 is 11.0. The number of halogens is 3. The third kappa shape index (κ3) is 5.51. The molecule has 0 atom stereocenters. The van der Waals surface area contributed by atoms with Crippen LogP contribution < -0.4 is 0 Å². The lowest BCUT2D eigenvalue weighted by Gasteiger charge is -2.32. The maximum atomic E-state index is 3.73. The topological polar surface area (TPSA) is 0 Å². The Balaban J connectivity index is 2.85. The van der Waals surface area contributed by atoms with E-state index in [0.717, 1.165) is 15.1 Å². The monoisotopic (exact) mass is 452 g/mol. The van der Waals surface area contributed by atoms with Crippen molar-refractivity contribution in [2.75, 3.05) is 10.7 Å². The highest BCUT2D eigenvalue weighted by atomic mass is 79.9. The molecule has 0 heterocycles. The predicted molar refractivity (Wildman–Crippen MR) is 96.7 cm³/mol. The van der Waals surface area contributed by atoms with E-state index in [1.54, 1.807) is 0 Å². The van der Waals surface area contributed by atoms with Crippen molar-refractivity contribution in [2.24, 2.45) is 5.41 Å². The van der Waals surface area contributed by atoms with Crippen molar-refractivity contribution in [2.45, 2.75) is 45.4 Å². The fraction of sp³-hybridized carbons (Fsp3) is 0.625. The summed E-state index contributed by atoms with van der Waals surface area (Å²) in [6.45, 7) is 6.95. The molecule has 0 radical (unpaired) electrons. The van der Waals surface area contributed by atoms with Crippen LogP contribution in [0.1, 0.15) is 45.6 Å². The highest BCUT2D eigenvalue weighted by Crippen LogP contribution is 2.36. The first-order valence-electron chi connectivity index (χ1n) is 6.71. The van der Waals surface area contributed by atoms with Gasteiger partial charge in [0.15, 0.2) is 0 Å². The van der Waals surface area contributed by atoms with Crippen LogP contribution in [0.15, 0.2) is 28.7 Å². The summed E-state index contributed by atoms with van der Waals surface area (Å²) in [6.07, 6.45) is 3.73. The lowest BCUT2D eigenvalue weighted by atomic mass is 9.78. The van der Waals surface area contributed by atoms with Crippen molar-refractivity contribution in [3.05, 3.63) is 34.3 Å². The molecular formula is C16H23Br3. The fourth-order valence-corrected chi connectivity index (χ4v) is 4.78. The zero-order valence-corrected chi connectivity index (χ0v) is 16.7. The van der Waals surface area contributed by atoms with E-state index in [0.29, 0.717) is 5.41 Å². The van der Waals surface area contributed by atoms with Gasteiger partial charge in [0.05, 0.1) is 0 Å². The summed E-state index contributed by atoms with van der Waals surface area (Å²) in [5, 5.41) is 1.98. The Hall–Kier alpha value is 0.660. The molecule has 0 saturated heterocycles. The van der Waals surface area contributed by atoms with Crippen LogP contribution in [0.3, 0.4) is 0 Å². The quantitative estimate of drug-likeness (QED) is 0.420. The SMILES string of the molecule is CC(C)(C)CCCC(CBr)(CBr)c1cccc(Br)c1. The first-order valence-corrected chi connectivity index (χ1v) is 9.75. The minimum atomic E-state index is 0.190. The highest BCUT2D eigenvalue weighted by molar-refractivity contribution is 9.10. The third-order valence-electron chi connectivity index (χ3n) is 3.53. The van der Waals surface area contributed by atoms with Crippen LogP contribution in [0.4, 0.5) is 0 Å². The van der Waals surface area contributed by atoms with Gasteiger partial charge in [0.1, 0.15) is 0 Å². The van der Waals surface area contributed by atoms with E-state index in [-0.39, 0.29) is 5.41 Å². The Morgan fingerprint density at radius 1 is 1.00 bits per heavy atom. The molecule has 1 rings (SSSR count). The van der Waals surface area contributed by atoms with E-state index >= 15 is 0 Å². The van der Waals surface area contributed by atoms with Crippen LogP contribution >= 0.6 is 47.8 Å². The van der Waals surface area contributed by atoms with Gasteiger partial charge in [0.25, 0.3) is 0 Å². The molecule has 108 valence electrons. The van der Waals surface area contributed by atoms with Crippen LogP contribution in [-0.4, -0.2) is 10.7 Å². The van der Waals surface area contributed by atoms with Crippen LogP contribution in [0.2, 0.25) is 0 Å². The lowest BCUT2D eigenvalue weighted by molar-refractivity contribution is 0.337. The summed E-state index contributed by atoms with van der Waals surface area (Å²) in [5.74, 6) is 0. The standard InChI is InChI=1S/C16H23Br3/c1-15(2,3)8-5-9-16(11-17,12-18)13-6-4-7-14(19)10-13/h4,6-7,10H,5,8-9,11-12H2,1-3H3. The molecule has 3 heteroatoms. The van der Waals surface area contributed by atoms with E-state index in [1.807, 2.05) is 0 Å². The van der Waals surface area contributed by atoms with E-state index in [2.05, 4.69) is 92.8 Å². The molecule has 19 heavy (non-hydrogen) atoms. The fourth-order valence-electron chi connectivity index (χ4n) is 2.24. The van der Waals surface area contributed by atoms with Crippen molar-refractivity contribution in [1.82, 2.24) is 0 Å². The van der Waals surface area contributed by atoms with Crippen molar-refractivity contribution in [1.29, 1.82) is 0 Å². The first-order chi connectivity index (χ1) is 8.83.